The predicted octanol–water partition coefficient (Wildman–Crippen LogP) is 3.60. The molecule has 90 valence electrons. The quantitative estimate of drug-likeness (QED) is 0.767. The van der Waals surface area contributed by atoms with Gasteiger partial charge in [-0.2, -0.15) is 0 Å². The Balaban J connectivity index is 2.04. The Hall–Kier alpha value is -1.28. The molecule has 17 heavy (non-hydrogen) atoms. The Labute approximate surface area is 102 Å². The lowest BCUT2D eigenvalue weighted by Gasteiger charge is -2.22. The van der Waals surface area contributed by atoms with Gasteiger partial charge in [0.05, 0.1) is 0 Å². The van der Waals surface area contributed by atoms with E-state index in [1.165, 1.54) is 47.0 Å². The van der Waals surface area contributed by atoms with Crippen LogP contribution in [0.4, 0.5) is 0 Å². The summed E-state index contributed by atoms with van der Waals surface area (Å²) in [6, 6.07) is 7.27. The lowest BCUT2D eigenvalue weighted by Crippen LogP contribution is -2.26. The second kappa shape index (κ2) is 4.19. The third kappa shape index (κ3) is 1.87. The van der Waals surface area contributed by atoms with Crippen molar-refractivity contribution in [3.05, 3.63) is 35.0 Å². The van der Waals surface area contributed by atoms with Gasteiger partial charge in [-0.15, -0.1) is 0 Å². The van der Waals surface area contributed by atoms with E-state index in [0.29, 0.717) is 6.04 Å². The molecule has 0 radical (unpaired) electrons. The maximum absolute atomic E-state index is 3.61. The molecule has 0 amide bonds. The van der Waals surface area contributed by atoms with E-state index in [1.807, 2.05) is 0 Å². The molecular formula is C15H20N2. The lowest BCUT2D eigenvalue weighted by molar-refractivity contribution is 0.407. The average molecular weight is 228 g/mol. The van der Waals surface area contributed by atoms with Crippen molar-refractivity contribution in [2.75, 3.05) is 6.54 Å². The van der Waals surface area contributed by atoms with Crippen molar-refractivity contribution in [1.82, 2.24) is 10.3 Å². The minimum absolute atomic E-state index is 0.524. The molecule has 2 N–H and O–H groups in total. The zero-order valence-electron chi connectivity index (χ0n) is 10.6. The van der Waals surface area contributed by atoms with Crippen molar-refractivity contribution >= 4 is 10.9 Å². The smallest absolute Gasteiger partial charge is 0.0488 e. The molecule has 1 atom stereocenters. The fourth-order valence-electron chi connectivity index (χ4n) is 2.78. The molecule has 1 aliphatic heterocycles. The van der Waals surface area contributed by atoms with Crippen LogP contribution in [0.15, 0.2) is 18.2 Å². The molecule has 0 aliphatic carbocycles. The topological polar surface area (TPSA) is 27.8 Å². The van der Waals surface area contributed by atoms with Crippen LogP contribution in [0, 0.1) is 13.8 Å². The van der Waals surface area contributed by atoms with E-state index in [1.54, 1.807) is 0 Å². The molecule has 0 bridgehead atoms. The van der Waals surface area contributed by atoms with Crippen LogP contribution >= 0.6 is 0 Å². The van der Waals surface area contributed by atoms with Gasteiger partial charge < -0.3 is 10.3 Å². The van der Waals surface area contributed by atoms with Gasteiger partial charge in [-0.25, -0.2) is 0 Å². The van der Waals surface area contributed by atoms with Crippen molar-refractivity contribution < 1.29 is 0 Å². The number of hydrogen-bond donors (Lipinski definition) is 2. The lowest BCUT2D eigenvalue weighted by atomic mass is 10.0. The summed E-state index contributed by atoms with van der Waals surface area (Å²) in [5.41, 5.74) is 5.41. The predicted molar refractivity (Wildman–Crippen MR) is 72.4 cm³/mol. The highest BCUT2D eigenvalue weighted by atomic mass is 14.9. The summed E-state index contributed by atoms with van der Waals surface area (Å²) < 4.78 is 0. The van der Waals surface area contributed by atoms with Gasteiger partial charge in [-0.1, -0.05) is 18.6 Å². The number of piperidine rings is 1. The monoisotopic (exact) mass is 228 g/mol. The third-order valence-corrected chi connectivity index (χ3v) is 4.03. The second-order valence-electron chi connectivity index (χ2n) is 5.20. The largest absolute Gasteiger partial charge is 0.357 e. The molecular weight excluding hydrogens is 208 g/mol. The molecule has 0 saturated carbocycles. The molecule has 1 aliphatic rings. The zero-order valence-corrected chi connectivity index (χ0v) is 10.6. The Morgan fingerprint density at radius 3 is 2.82 bits per heavy atom. The van der Waals surface area contributed by atoms with Gasteiger partial charge in [0.25, 0.3) is 0 Å². The number of rotatable bonds is 1. The van der Waals surface area contributed by atoms with Crippen molar-refractivity contribution in [2.45, 2.75) is 39.2 Å². The highest BCUT2D eigenvalue weighted by Crippen LogP contribution is 2.28. The molecule has 1 fully saturated rings. The van der Waals surface area contributed by atoms with Gasteiger partial charge in [0.2, 0.25) is 0 Å². The van der Waals surface area contributed by atoms with Crippen molar-refractivity contribution in [1.29, 1.82) is 0 Å². The van der Waals surface area contributed by atoms with E-state index in [-0.39, 0.29) is 0 Å². The van der Waals surface area contributed by atoms with E-state index < -0.39 is 0 Å². The molecule has 1 aromatic carbocycles. The van der Waals surface area contributed by atoms with E-state index in [2.05, 4.69) is 42.3 Å². The van der Waals surface area contributed by atoms with Gasteiger partial charge >= 0.3 is 0 Å². The maximum Gasteiger partial charge on any atom is 0.0488 e. The minimum atomic E-state index is 0.524. The first-order chi connectivity index (χ1) is 8.25. The normalized spacial score (nSPS) is 20.9. The summed E-state index contributed by atoms with van der Waals surface area (Å²) in [5, 5.41) is 4.94. The molecule has 2 aromatic rings. The number of fused-ring (bicyclic) bond motifs is 1. The summed E-state index contributed by atoms with van der Waals surface area (Å²) in [7, 11) is 0. The molecule has 1 unspecified atom stereocenters. The zero-order chi connectivity index (χ0) is 11.8. The van der Waals surface area contributed by atoms with Crippen LogP contribution in [-0.4, -0.2) is 11.5 Å². The van der Waals surface area contributed by atoms with Crippen LogP contribution in [0.3, 0.4) is 0 Å². The van der Waals surface area contributed by atoms with Gasteiger partial charge in [-0.3, -0.25) is 0 Å². The Morgan fingerprint density at radius 2 is 2.06 bits per heavy atom. The molecule has 0 spiro atoms. The van der Waals surface area contributed by atoms with Crippen molar-refractivity contribution in [3.63, 3.8) is 0 Å². The maximum atomic E-state index is 3.61. The number of aromatic nitrogens is 1. The fraction of sp³-hybridized carbons (Fsp3) is 0.467. The number of nitrogens with one attached hydrogen (secondary N) is 2. The van der Waals surface area contributed by atoms with E-state index in [9.17, 15) is 0 Å². The number of aryl methyl sites for hydroxylation is 2. The van der Waals surface area contributed by atoms with Gasteiger partial charge in [0, 0.05) is 17.3 Å². The fourth-order valence-corrected chi connectivity index (χ4v) is 2.78. The molecule has 2 nitrogen and oxygen atoms in total. The molecule has 2 heteroatoms. The first kappa shape index (κ1) is 10.8. The Bertz CT molecular complexity index is 533. The van der Waals surface area contributed by atoms with Crippen molar-refractivity contribution in [3.8, 4) is 0 Å². The Kier molecular flexibility index (Phi) is 2.67. The number of benzene rings is 1. The highest BCUT2D eigenvalue weighted by molar-refractivity contribution is 5.84. The van der Waals surface area contributed by atoms with Gasteiger partial charge in [-0.05, 0) is 55.8 Å². The first-order valence-corrected chi connectivity index (χ1v) is 6.58. The third-order valence-electron chi connectivity index (χ3n) is 4.03. The highest BCUT2D eigenvalue weighted by Gasteiger charge is 2.17. The van der Waals surface area contributed by atoms with Gasteiger partial charge in [0.15, 0.2) is 0 Å². The van der Waals surface area contributed by atoms with Crippen LogP contribution in [0.2, 0.25) is 0 Å². The SMILES string of the molecule is Cc1ccc2cc(C3CCCCN3)[nH]c2c1C. The summed E-state index contributed by atoms with van der Waals surface area (Å²) in [5.74, 6) is 0. The summed E-state index contributed by atoms with van der Waals surface area (Å²) >= 11 is 0. The molecule has 1 aromatic heterocycles. The number of aromatic amines is 1. The van der Waals surface area contributed by atoms with Crippen LogP contribution < -0.4 is 5.32 Å². The van der Waals surface area contributed by atoms with Crippen LogP contribution in [0.5, 0.6) is 0 Å². The standard InChI is InChI=1S/C15H20N2/c1-10-6-7-12-9-14(17-15(12)11(10)2)13-5-3-4-8-16-13/h6-7,9,13,16-17H,3-5,8H2,1-2H3. The van der Waals surface area contributed by atoms with Crippen LogP contribution in [0.1, 0.15) is 42.1 Å². The summed E-state index contributed by atoms with van der Waals surface area (Å²) in [4.78, 5) is 3.61. The first-order valence-electron chi connectivity index (χ1n) is 6.58. The van der Waals surface area contributed by atoms with Gasteiger partial charge in [0.1, 0.15) is 0 Å². The average Bonchev–Trinajstić information content (AvgIpc) is 2.80. The van der Waals surface area contributed by atoms with E-state index in [0.717, 1.165) is 6.54 Å². The minimum Gasteiger partial charge on any atom is -0.357 e. The summed E-state index contributed by atoms with van der Waals surface area (Å²) in [6.45, 7) is 5.53. The number of hydrogen-bond acceptors (Lipinski definition) is 1. The van der Waals surface area contributed by atoms with E-state index >= 15 is 0 Å². The van der Waals surface area contributed by atoms with Crippen molar-refractivity contribution in [2.24, 2.45) is 0 Å². The van der Waals surface area contributed by atoms with E-state index in [4.69, 9.17) is 0 Å². The Morgan fingerprint density at radius 1 is 1.18 bits per heavy atom. The summed E-state index contributed by atoms with van der Waals surface area (Å²) in [6.07, 6.45) is 3.91. The molecule has 3 rings (SSSR count). The van der Waals surface area contributed by atoms with Crippen LogP contribution in [0.25, 0.3) is 10.9 Å². The van der Waals surface area contributed by atoms with Crippen LogP contribution in [-0.2, 0) is 0 Å². The molecule has 2 heterocycles. The second-order valence-corrected chi connectivity index (χ2v) is 5.20. The molecule has 1 saturated heterocycles. The number of H-pyrrole nitrogens is 1.